The standard InChI is InChI=1S/C15H17N3O2/c1-2-13-9-20-11-18(13)15(19)17-8-14(16-10-17)12-6-4-3-5-7-12/h3-8,10,13H,2,9,11H2,1H3. The van der Waals surface area contributed by atoms with Crippen molar-refractivity contribution in [1.29, 1.82) is 0 Å². The average Bonchev–Trinajstić information content (AvgIpc) is 3.16. The van der Waals surface area contributed by atoms with Gasteiger partial charge in [0.05, 0.1) is 18.3 Å². The summed E-state index contributed by atoms with van der Waals surface area (Å²) < 4.78 is 6.89. The Morgan fingerprint density at radius 1 is 1.40 bits per heavy atom. The third-order valence-corrected chi connectivity index (χ3v) is 3.57. The summed E-state index contributed by atoms with van der Waals surface area (Å²) >= 11 is 0. The van der Waals surface area contributed by atoms with Gasteiger partial charge in [-0.25, -0.2) is 9.78 Å². The molecule has 0 aliphatic carbocycles. The summed E-state index contributed by atoms with van der Waals surface area (Å²) in [6.45, 7) is 3.03. The lowest BCUT2D eigenvalue weighted by Crippen LogP contribution is -2.38. The van der Waals surface area contributed by atoms with Crippen molar-refractivity contribution in [2.24, 2.45) is 0 Å². The molecule has 1 unspecified atom stereocenters. The SMILES string of the molecule is CCC1COCN1C(=O)n1cnc(-c2ccccc2)c1. The molecule has 0 saturated carbocycles. The summed E-state index contributed by atoms with van der Waals surface area (Å²) in [6, 6.07) is 9.90. The number of ether oxygens (including phenoxy) is 1. The van der Waals surface area contributed by atoms with Crippen LogP contribution in [-0.4, -0.2) is 39.9 Å². The number of nitrogens with zero attached hydrogens (tertiary/aromatic N) is 3. The Balaban J connectivity index is 1.82. The van der Waals surface area contributed by atoms with E-state index in [2.05, 4.69) is 11.9 Å². The van der Waals surface area contributed by atoms with E-state index in [-0.39, 0.29) is 12.1 Å². The van der Waals surface area contributed by atoms with Crippen molar-refractivity contribution in [1.82, 2.24) is 14.5 Å². The van der Waals surface area contributed by atoms with Gasteiger partial charge in [-0.15, -0.1) is 0 Å². The van der Waals surface area contributed by atoms with Crippen molar-refractivity contribution in [3.63, 3.8) is 0 Å². The van der Waals surface area contributed by atoms with Gasteiger partial charge in [-0.1, -0.05) is 37.3 Å². The minimum atomic E-state index is -0.0796. The van der Waals surface area contributed by atoms with Gasteiger partial charge in [0.15, 0.2) is 0 Å². The molecule has 1 amide bonds. The molecule has 0 bridgehead atoms. The van der Waals surface area contributed by atoms with Crippen LogP contribution in [0.1, 0.15) is 13.3 Å². The highest BCUT2D eigenvalue weighted by Gasteiger charge is 2.29. The van der Waals surface area contributed by atoms with Gasteiger partial charge in [-0.05, 0) is 6.42 Å². The molecule has 2 heterocycles. The van der Waals surface area contributed by atoms with E-state index in [9.17, 15) is 4.79 Å². The Hall–Kier alpha value is -2.14. The van der Waals surface area contributed by atoms with Crippen molar-refractivity contribution in [2.45, 2.75) is 19.4 Å². The van der Waals surface area contributed by atoms with Crippen LogP contribution < -0.4 is 0 Å². The molecule has 1 saturated heterocycles. The molecule has 1 aromatic carbocycles. The normalized spacial score (nSPS) is 18.4. The van der Waals surface area contributed by atoms with Gasteiger partial charge in [0.1, 0.15) is 13.1 Å². The molecular formula is C15H17N3O2. The number of aromatic nitrogens is 2. The first-order valence-electron chi connectivity index (χ1n) is 6.77. The van der Waals surface area contributed by atoms with E-state index in [0.717, 1.165) is 17.7 Å². The molecule has 1 fully saturated rings. The van der Waals surface area contributed by atoms with E-state index in [4.69, 9.17) is 4.74 Å². The predicted octanol–water partition coefficient (Wildman–Crippen LogP) is 2.59. The lowest BCUT2D eigenvalue weighted by Gasteiger charge is -2.20. The lowest BCUT2D eigenvalue weighted by atomic mass is 10.2. The van der Waals surface area contributed by atoms with Crippen molar-refractivity contribution < 1.29 is 9.53 Å². The van der Waals surface area contributed by atoms with E-state index in [1.165, 1.54) is 4.57 Å². The summed E-state index contributed by atoms with van der Waals surface area (Å²) in [4.78, 5) is 18.5. The third kappa shape index (κ3) is 2.32. The third-order valence-electron chi connectivity index (χ3n) is 3.57. The molecule has 1 atom stereocenters. The fourth-order valence-electron chi connectivity index (χ4n) is 2.37. The molecule has 0 N–H and O–H groups in total. The quantitative estimate of drug-likeness (QED) is 0.843. The lowest BCUT2D eigenvalue weighted by molar-refractivity contribution is 0.143. The maximum atomic E-state index is 12.4. The largest absolute Gasteiger partial charge is 0.359 e. The maximum absolute atomic E-state index is 12.4. The number of rotatable bonds is 2. The van der Waals surface area contributed by atoms with Gasteiger partial charge in [0.25, 0.3) is 0 Å². The van der Waals surface area contributed by atoms with Crippen molar-refractivity contribution in [3.05, 3.63) is 42.9 Å². The first kappa shape index (κ1) is 12.9. The molecule has 1 aliphatic heterocycles. The van der Waals surface area contributed by atoms with E-state index < -0.39 is 0 Å². The Labute approximate surface area is 117 Å². The highest BCUT2D eigenvalue weighted by molar-refractivity contribution is 5.78. The minimum absolute atomic E-state index is 0.0796. The fraction of sp³-hybridized carbons (Fsp3) is 0.333. The Morgan fingerprint density at radius 2 is 2.20 bits per heavy atom. The minimum Gasteiger partial charge on any atom is -0.359 e. The molecule has 5 heteroatoms. The molecule has 3 rings (SSSR count). The molecule has 20 heavy (non-hydrogen) atoms. The molecule has 0 spiro atoms. The van der Waals surface area contributed by atoms with Crippen LogP contribution in [0, 0.1) is 0 Å². The van der Waals surface area contributed by atoms with Gasteiger partial charge >= 0.3 is 6.03 Å². The number of imidazole rings is 1. The Kier molecular flexibility index (Phi) is 3.52. The Bertz CT molecular complexity index is 594. The summed E-state index contributed by atoms with van der Waals surface area (Å²) in [7, 11) is 0. The molecule has 104 valence electrons. The van der Waals surface area contributed by atoms with Crippen molar-refractivity contribution >= 4 is 6.03 Å². The van der Waals surface area contributed by atoms with E-state index in [0.29, 0.717) is 13.3 Å². The highest BCUT2D eigenvalue weighted by Crippen LogP contribution is 2.18. The van der Waals surface area contributed by atoms with Gasteiger partial charge in [-0.3, -0.25) is 9.47 Å². The molecule has 1 aliphatic rings. The van der Waals surface area contributed by atoms with Crippen LogP contribution in [0.4, 0.5) is 4.79 Å². The summed E-state index contributed by atoms with van der Waals surface area (Å²) in [5, 5.41) is 0. The zero-order valence-corrected chi connectivity index (χ0v) is 11.4. The van der Waals surface area contributed by atoms with Crippen LogP contribution >= 0.6 is 0 Å². The first-order valence-corrected chi connectivity index (χ1v) is 6.77. The maximum Gasteiger partial charge on any atom is 0.331 e. The second kappa shape index (κ2) is 5.46. The van der Waals surface area contributed by atoms with Crippen molar-refractivity contribution in [2.75, 3.05) is 13.3 Å². The van der Waals surface area contributed by atoms with E-state index in [1.54, 1.807) is 17.4 Å². The van der Waals surface area contributed by atoms with Crippen LogP contribution in [0.2, 0.25) is 0 Å². The second-order valence-corrected chi connectivity index (χ2v) is 4.85. The highest BCUT2D eigenvalue weighted by atomic mass is 16.5. The second-order valence-electron chi connectivity index (χ2n) is 4.85. The number of carbonyl (C=O) groups is 1. The smallest absolute Gasteiger partial charge is 0.331 e. The summed E-state index contributed by atoms with van der Waals surface area (Å²) in [5.74, 6) is 0. The number of hydrogen-bond donors (Lipinski definition) is 0. The molecule has 0 radical (unpaired) electrons. The van der Waals surface area contributed by atoms with E-state index in [1.807, 2.05) is 30.3 Å². The first-order chi connectivity index (χ1) is 9.79. The topological polar surface area (TPSA) is 47.4 Å². The predicted molar refractivity (Wildman–Crippen MR) is 75.2 cm³/mol. The van der Waals surface area contributed by atoms with Gasteiger partial charge < -0.3 is 4.74 Å². The summed E-state index contributed by atoms with van der Waals surface area (Å²) in [6.07, 6.45) is 4.23. The van der Waals surface area contributed by atoms with Crippen LogP contribution in [0.3, 0.4) is 0 Å². The van der Waals surface area contributed by atoms with Gasteiger partial charge in [0.2, 0.25) is 0 Å². The number of carbonyl (C=O) groups excluding carboxylic acids is 1. The van der Waals surface area contributed by atoms with Crippen LogP contribution in [-0.2, 0) is 4.74 Å². The number of benzene rings is 1. The average molecular weight is 271 g/mol. The van der Waals surface area contributed by atoms with E-state index >= 15 is 0 Å². The summed E-state index contributed by atoms with van der Waals surface area (Å²) in [5.41, 5.74) is 1.80. The van der Waals surface area contributed by atoms with Crippen molar-refractivity contribution in [3.8, 4) is 11.3 Å². The van der Waals surface area contributed by atoms with Crippen LogP contribution in [0.15, 0.2) is 42.9 Å². The monoisotopic (exact) mass is 271 g/mol. The Morgan fingerprint density at radius 3 is 2.95 bits per heavy atom. The number of amides is 1. The van der Waals surface area contributed by atoms with Crippen LogP contribution in [0.25, 0.3) is 11.3 Å². The van der Waals surface area contributed by atoms with Gasteiger partial charge in [0, 0.05) is 11.8 Å². The molecular weight excluding hydrogens is 254 g/mol. The molecule has 2 aromatic rings. The molecule has 1 aromatic heterocycles. The molecule has 5 nitrogen and oxygen atoms in total. The zero-order chi connectivity index (χ0) is 13.9. The van der Waals surface area contributed by atoms with Crippen LogP contribution in [0.5, 0.6) is 0 Å². The fourth-order valence-corrected chi connectivity index (χ4v) is 2.37. The van der Waals surface area contributed by atoms with Gasteiger partial charge in [-0.2, -0.15) is 0 Å². The zero-order valence-electron chi connectivity index (χ0n) is 11.4. The number of hydrogen-bond acceptors (Lipinski definition) is 3.